The van der Waals surface area contributed by atoms with Gasteiger partial charge in [-0.1, -0.05) is 6.07 Å². The predicted octanol–water partition coefficient (Wildman–Crippen LogP) is 6.88. The summed E-state index contributed by atoms with van der Waals surface area (Å²) in [5.41, 5.74) is 2.55. The van der Waals surface area contributed by atoms with Gasteiger partial charge in [-0.3, -0.25) is 4.90 Å². The van der Waals surface area contributed by atoms with Crippen LogP contribution in [0.2, 0.25) is 0 Å². The number of nitrogens with two attached hydrogens (primary N) is 1. The number of benzene rings is 2. The molecule has 0 amide bonds. The van der Waals surface area contributed by atoms with Crippen molar-refractivity contribution in [2.45, 2.75) is 50.5 Å². The van der Waals surface area contributed by atoms with Crippen molar-refractivity contribution >= 4 is 54.1 Å². The summed E-state index contributed by atoms with van der Waals surface area (Å²) in [7, 11) is 1.91. The number of nitrogens with zero attached hydrogens (tertiary/aromatic N) is 5. The fourth-order valence-electron chi connectivity index (χ4n) is 6.46. The van der Waals surface area contributed by atoms with E-state index < -0.39 is 51.6 Å². The van der Waals surface area contributed by atoms with Gasteiger partial charge in [-0.2, -0.15) is 28.4 Å². The number of fused-ring (bicyclic) bond motifs is 3. The minimum Gasteiger partial charge on any atom is -0.467 e. The number of anilines is 2. The number of hydrogen-bond donors (Lipinski definition) is 2. The average molecular weight is 728 g/mol. The molecule has 3 saturated heterocycles. The van der Waals surface area contributed by atoms with E-state index in [0.29, 0.717) is 30.0 Å². The first-order chi connectivity index (χ1) is 23.3. The van der Waals surface area contributed by atoms with Crippen LogP contribution < -0.4 is 15.8 Å². The highest BCUT2D eigenvalue weighted by atomic mass is 32.2. The second-order valence-electron chi connectivity index (χ2n) is 11.8. The third-order valence-electron chi connectivity index (χ3n) is 8.72. The van der Waals surface area contributed by atoms with Gasteiger partial charge in [0, 0.05) is 55.3 Å². The normalized spacial score (nSPS) is 19.9. The zero-order valence-electron chi connectivity index (χ0n) is 27.0. The number of alkyl halides is 4. The third kappa shape index (κ3) is 7.57. The number of hydrogen-bond acceptors (Lipinski definition) is 9. The van der Waals surface area contributed by atoms with E-state index in [9.17, 15) is 31.4 Å². The van der Waals surface area contributed by atoms with Crippen LogP contribution in [0.25, 0.3) is 32.1 Å². The average Bonchev–Trinajstić information content (AvgIpc) is 3.86. The molecule has 0 bridgehead atoms. The zero-order valence-corrected chi connectivity index (χ0v) is 28.6. The van der Waals surface area contributed by atoms with E-state index in [0.717, 1.165) is 38.2 Å². The summed E-state index contributed by atoms with van der Waals surface area (Å²) in [6.07, 6.45) is 2.00. The van der Waals surface area contributed by atoms with Gasteiger partial charge in [-0.25, -0.2) is 21.7 Å². The molecule has 17 heteroatoms. The van der Waals surface area contributed by atoms with E-state index in [1.165, 1.54) is 39.8 Å². The molecule has 0 saturated carbocycles. The van der Waals surface area contributed by atoms with Crippen molar-refractivity contribution in [3.8, 4) is 23.2 Å². The van der Waals surface area contributed by atoms with Crippen molar-refractivity contribution < 1.29 is 35.3 Å². The van der Waals surface area contributed by atoms with Crippen LogP contribution in [-0.4, -0.2) is 82.2 Å². The Labute approximate surface area is 285 Å². The number of rotatable bonds is 4. The van der Waals surface area contributed by atoms with Gasteiger partial charge in [0.15, 0.2) is 5.82 Å². The summed E-state index contributed by atoms with van der Waals surface area (Å²) in [5, 5.41) is 11.5. The number of nitrogen functional groups attached to an aromatic ring is 1. The van der Waals surface area contributed by atoms with Gasteiger partial charge < -0.3 is 15.8 Å². The Bertz CT molecular complexity index is 1900. The van der Waals surface area contributed by atoms with E-state index in [1.807, 2.05) is 4.31 Å². The first kappa shape index (κ1) is 36.6. The molecule has 2 aromatic heterocycles. The van der Waals surface area contributed by atoms with Crippen molar-refractivity contribution in [2.24, 2.45) is 0 Å². The second kappa shape index (κ2) is 15.0. The largest absolute Gasteiger partial charge is 0.467 e. The van der Waals surface area contributed by atoms with Crippen LogP contribution >= 0.6 is 11.3 Å². The van der Waals surface area contributed by atoms with E-state index >= 15 is 4.39 Å². The lowest BCUT2D eigenvalue weighted by atomic mass is 9.92. The molecule has 49 heavy (non-hydrogen) atoms. The monoisotopic (exact) mass is 727 g/mol. The van der Waals surface area contributed by atoms with Crippen LogP contribution in [0.1, 0.15) is 43.2 Å². The maximum Gasteiger partial charge on any atom is 0.417 e. The second-order valence-corrected chi connectivity index (χ2v) is 14.2. The smallest absolute Gasteiger partial charge is 0.417 e. The van der Waals surface area contributed by atoms with Crippen molar-refractivity contribution in [2.75, 3.05) is 57.6 Å². The van der Waals surface area contributed by atoms with Crippen LogP contribution in [0, 0.1) is 23.0 Å². The number of nitrogens with one attached hydrogen (secondary N) is 1. The Morgan fingerprint density at radius 1 is 1.16 bits per heavy atom. The highest BCUT2D eigenvalue weighted by Gasteiger charge is 2.38. The molecular formula is C32H35F6N7O2S2. The van der Waals surface area contributed by atoms with E-state index in [-0.39, 0.29) is 43.4 Å². The molecule has 4 aromatic rings. The van der Waals surface area contributed by atoms with Gasteiger partial charge in [0.1, 0.15) is 34.4 Å². The number of aromatic nitrogens is 2. The minimum atomic E-state index is -5.00. The first-order valence-corrected chi connectivity index (χ1v) is 17.8. The molecule has 9 nitrogen and oxygen atoms in total. The minimum absolute atomic E-state index is 0.0791. The highest BCUT2D eigenvalue weighted by Crippen LogP contribution is 2.47. The Hall–Kier alpha value is -3.72. The molecule has 3 aliphatic heterocycles. The van der Waals surface area contributed by atoms with Crippen LogP contribution in [0.3, 0.4) is 0 Å². The third-order valence-corrected chi connectivity index (χ3v) is 10.8. The lowest BCUT2D eigenvalue weighted by molar-refractivity contribution is -0.137. The Balaban J connectivity index is 0.000000221. The van der Waals surface area contributed by atoms with Crippen LogP contribution in [0.5, 0.6) is 6.01 Å². The molecule has 3 fully saturated rings. The number of ether oxygens (including phenoxy) is 1. The molecule has 3 atom stereocenters. The quantitative estimate of drug-likeness (QED) is 0.219. The first-order valence-electron chi connectivity index (χ1n) is 15.5. The molecule has 3 N–H and O–H groups in total. The molecule has 2 aromatic carbocycles. The van der Waals surface area contributed by atoms with Gasteiger partial charge in [0.05, 0.1) is 33.9 Å². The van der Waals surface area contributed by atoms with Crippen LogP contribution in [0.15, 0.2) is 18.2 Å². The molecule has 0 spiro atoms. The Kier molecular flexibility index (Phi) is 11.2. The topological polar surface area (TPSA) is 120 Å². The Morgan fingerprint density at radius 3 is 2.45 bits per heavy atom. The molecule has 0 radical (unpaired) electrons. The van der Waals surface area contributed by atoms with Crippen molar-refractivity contribution in [1.82, 2.24) is 19.2 Å². The molecule has 7 rings (SSSR count). The predicted molar refractivity (Wildman–Crippen MR) is 179 cm³/mol. The van der Waals surface area contributed by atoms with Crippen LogP contribution in [0.4, 0.5) is 37.2 Å². The van der Waals surface area contributed by atoms with E-state index in [2.05, 4.69) is 20.2 Å². The number of thiophene rings is 1. The van der Waals surface area contributed by atoms with Gasteiger partial charge in [0.25, 0.3) is 0 Å². The summed E-state index contributed by atoms with van der Waals surface area (Å²) < 4.78 is 102. The molecule has 0 aliphatic carbocycles. The maximum absolute atomic E-state index is 15.8. The fourth-order valence-corrected chi connectivity index (χ4v) is 8.18. The van der Waals surface area contributed by atoms with Gasteiger partial charge in [-0.05, 0) is 56.3 Å². The highest BCUT2D eigenvalue weighted by molar-refractivity contribution is 7.81. The number of halogens is 6. The van der Waals surface area contributed by atoms with Crippen molar-refractivity contribution in [1.29, 1.82) is 5.26 Å². The summed E-state index contributed by atoms with van der Waals surface area (Å²) in [6.45, 7) is 3.92. The van der Waals surface area contributed by atoms with Crippen LogP contribution in [-0.2, 0) is 17.2 Å². The zero-order chi connectivity index (χ0) is 35.6. The maximum atomic E-state index is 15.8. The van der Waals surface area contributed by atoms with Gasteiger partial charge in [0.2, 0.25) is 0 Å². The molecular weight excluding hydrogens is 693 g/mol. The van der Waals surface area contributed by atoms with E-state index in [1.54, 1.807) is 12.3 Å². The van der Waals surface area contributed by atoms with Crippen molar-refractivity contribution in [3.05, 3.63) is 41.0 Å². The molecule has 5 heterocycles. The van der Waals surface area contributed by atoms with Crippen molar-refractivity contribution in [3.63, 3.8) is 0 Å². The summed E-state index contributed by atoms with van der Waals surface area (Å²) in [6, 6.07) is 4.70. The molecule has 3 aliphatic rings. The summed E-state index contributed by atoms with van der Waals surface area (Å²) >= 11 is 0.695. The number of nitriles is 1. The van der Waals surface area contributed by atoms with Gasteiger partial charge in [-0.15, -0.1) is 11.3 Å². The summed E-state index contributed by atoms with van der Waals surface area (Å²) in [5.74, 6) is -2.20. The SMILES string of the molecule is CNc1nc(OC)nc2c(F)c(-c3ccc(F)c4sc(N)c(C#N)c34)c(C(F)(F)F)cc12.CS(=O)N1CCCC1.FC1CC2CCCN2C1. The Morgan fingerprint density at radius 2 is 1.88 bits per heavy atom. The lowest BCUT2D eigenvalue weighted by Gasteiger charge is -2.18. The van der Waals surface area contributed by atoms with Gasteiger partial charge >= 0.3 is 12.2 Å². The number of methoxy groups -OCH3 is 1. The summed E-state index contributed by atoms with van der Waals surface area (Å²) in [4.78, 5) is 10.1. The fraction of sp³-hybridized carbons (Fsp3) is 0.469. The molecule has 264 valence electrons. The standard InChI is InChI=1S/C20H12F5N5OS.C7H12FN.C5H11NOS/c1-28-18-8-5-10(20(23,24)25)13(14(22)15(8)29-19(30-18)31-2)7-3-4-11(21)16-12(7)9(6-26)17(27)32-16;8-6-4-7-2-1-3-9(7)5-6;1-8(7)6-4-2-3-5-6/h3-5H,27H2,1-2H3,(H,28,29,30);6-7H,1-5H2;2-5H2,1H3. The molecule has 3 unspecified atom stereocenters. The lowest BCUT2D eigenvalue weighted by Crippen LogP contribution is -2.22. The van der Waals surface area contributed by atoms with E-state index in [4.69, 9.17) is 10.5 Å².